The molecule has 3 nitrogen and oxygen atoms in total. The molecule has 0 atom stereocenters. The predicted octanol–water partition coefficient (Wildman–Crippen LogP) is 4.31. The lowest BCUT2D eigenvalue weighted by molar-refractivity contribution is 0.213. The highest BCUT2D eigenvalue weighted by atomic mass is 19.1. The van der Waals surface area contributed by atoms with Crippen LogP contribution in [0.25, 0.3) is 6.08 Å². The lowest BCUT2D eigenvalue weighted by atomic mass is 9.82. The Morgan fingerprint density at radius 1 is 1.19 bits per heavy atom. The van der Waals surface area contributed by atoms with Gasteiger partial charge in [-0.15, -0.1) is 0 Å². The van der Waals surface area contributed by atoms with Crippen LogP contribution < -0.4 is 10.6 Å². The monoisotopic (exact) mass is 292 g/mol. The minimum Gasteiger partial charge on any atom is -0.333 e. The molecule has 0 fully saturated rings. The van der Waals surface area contributed by atoms with E-state index >= 15 is 0 Å². The van der Waals surface area contributed by atoms with Crippen molar-refractivity contribution in [2.24, 2.45) is 5.41 Å². The maximum atomic E-state index is 13.4. The zero-order chi connectivity index (χ0) is 16.1. The van der Waals surface area contributed by atoms with E-state index in [1.54, 1.807) is 18.2 Å². The number of halogens is 1. The molecule has 2 amide bonds. The Bertz CT molecular complexity index is 516. The van der Waals surface area contributed by atoms with Crippen LogP contribution in [-0.2, 0) is 0 Å². The largest absolute Gasteiger partial charge is 0.333 e. The van der Waals surface area contributed by atoms with Gasteiger partial charge in [0.1, 0.15) is 5.82 Å². The van der Waals surface area contributed by atoms with Gasteiger partial charge in [-0.05, 0) is 37.8 Å². The number of benzene rings is 1. The fraction of sp³-hybridized carbons (Fsp3) is 0.471. The van der Waals surface area contributed by atoms with E-state index in [1.165, 1.54) is 18.3 Å². The van der Waals surface area contributed by atoms with E-state index in [0.29, 0.717) is 5.56 Å². The van der Waals surface area contributed by atoms with Crippen molar-refractivity contribution in [1.82, 2.24) is 10.6 Å². The summed E-state index contributed by atoms with van der Waals surface area (Å²) in [5.41, 5.74) is 0.250. The summed E-state index contributed by atoms with van der Waals surface area (Å²) >= 11 is 0. The third-order valence-corrected chi connectivity index (χ3v) is 2.81. The van der Waals surface area contributed by atoms with Crippen molar-refractivity contribution in [3.05, 3.63) is 41.8 Å². The summed E-state index contributed by atoms with van der Waals surface area (Å²) in [5.74, 6) is -0.316. The van der Waals surface area contributed by atoms with Gasteiger partial charge in [-0.2, -0.15) is 0 Å². The van der Waals surface area contributed by atoms with Crippen molar-refractivity contribution in [3.8, 4) is 0 Å². The normalized spacial score (nSPS) is 12.5. The van der Waals surface area contributed by atoms with E-state index in [4.69, 9.17) is 0 Å². The molecular formula is C17H25FN2O. The van der Waals surface area contributed by atoms with Crippen LogP contribution in [-0.4, -0.2) is 11.6 Å². The molecule has 0 aliphatic carbocycles. The van der Waals surface area contributed by atoms with Gasteiger partial charge in [0, 0.05) is 17.3 Å². The molecule has 0 saturated carbocycles. The standard InChI is InChI=1S/C17H25FN2O/c1-16(2,3)12-17(4,5)20-15(21)19-11-10-13-8-6-7-9-14(13)18/h6-11H,12H2,1-5H3,(H2,19,20,21)/b11-10+. The number of carbonyl (C=O) groups excluding carboxylic acids is 1. The number of nitrogens with one attached hydrogen (secondary N) is 2. The molecule has 0 aliphatic rings. The molecule has 0 radical (unpaired) electrons. The second kappa shape index (κ2) is 6.74. The first-order chi connectivity index (χ1) is 9.59. The maximum Gasteiger partial charge on any atom is 0.319 e. The topological polar surface area (TPSA) is 41.1 Å². The average molecular weight is 292 g/mol. The van der Waals surface area contributed by atoms with Crippen LogP contribution in [0.3, 0.4) is 0 Å². The number of urea groups is 1. The smallest absolute Gasteiger partial charge is 0.319 e. The van der Waals surface area contributed by atoms with Gasteiger partial charge >= 0.3 is 6.03 Å². The predicted molar refractivity (Wildman–Crippen MR) is 85.3 cm³/mol. The molecular weight excluding hydrogens is 267 g/mol. The molecule has 1 aromatic carbocycles. The molecule has 0 unspecified atom stereocenters. The fourth-order valence-corrected chi connectivity index (χ4v) is 2.53. The van der Waals surface area contributed by atoms with Crippen molar-refractivity contribution in [2.45, 2.75) is 46.6 Å². The Kier molecular flexibility index (Phi) is 5.53. The van der Waals surface area contributed by atoms with Crippen molar-refractivity contribution in [3.63, 3.8) is 0 Å². The van der Waals surface area contributed by atoms with E-state index in [1.807, 2.05) is 13.8 Å². The summed E-state index contributed by atoms with van der Waals surface area (Å²) in [4.78, 5) is 11.9. The number of amides is 2. The fourth-order valence-electron chi connectivity index (χ4n) is 2.53. The summed E-state index contributed by atoms with van der Waals surface area (Å²) in [6, 6.07) is 6.11. The number of hydrogen-bond donors (Lipinski definition) is 2. The van der Waals surface area contributed by atoms with Crippen LogP contribution in [0.1, 0.15) is 46.6 Å². The maximum absolute atomic E-state index is 13.4. The molecule has 0 spiro atoms. The Balaban J connectivity index is 2.53. The molecule has 21 heavy (non-hydrogen) atoms. The molecule has 1 aromatic rings. The van der Waals surface area contributed by atoms with Crippen molar-refractivity contribution < 1.29 is 9.18 Å². The van der Waals surface area contributed by atoms with Crippen molar-refractivity contribution in [1.29, 1.82) is 0 Å². The van der Waals surface area contributed by atoms with Crippen LogP contribution in [0.15, 0.2) is 30.5 Å². The highest BCUT2D eigenvalue weighted by molar-refractivity contribution is 5.76. The number of rotatable bonds is 4. The van der Waals surface area contributed by atoms with Crippen LogP contribution in [0, 0.1) is 11.2 Å². The van der Waals surface area contributed by atoms with Crippen LogP contribution >= 0.6 is 0 Å². The van der Waals surface area contributed by atoms with E-state index in [2.05, 4.69) is 31.4 Å². The molecule has 0 heterocycles. The van der Waals surface area contributed by atoms with E-state index in [0.717, 1.165) is 6.42 Å². The van der Waals surface area contributed by atoms with E-state index < -0.39 is 0 Å². The molecule has 4 heteroatoms. The second-order valence-electron chi connectivity index (χ2n) is 7.07. The average Bonchev–Trinajstić information content (AvgIpc) is 2.27. The van der Waals surface area contributed by atoms with Crippen LogP contribution in [0.4, 0.5) is 9.18 Å². The second-order valence-corrected chi connectivity index (χ2v) is 7.07. The molecule has 0 aromatic heterocycles. The Hall–Kier alpha value is -1.84. The minimum atomic E-state index is -0.316. The first-order valence-corrected chi connectivity index (χ1v) is 7.09. The zero-order valence-electron chi connectivity index (χ0n) is 13.5. The molecule has 116 valence electrons. The van der Waals surface area contributed by atoms with Gasteiger partial charge in [-0.1, -0.05) is 39.0 Å². The Labute approximate surface area is 126 Å². The van der Waals surface area contributed by atoms with Crippen molar-refractivity contribution >= 4 is 12.1 Å². The summed E-state index contributed by atoms with van der Waals surface area (Å²) in [5, 5.41) is 5.52. The summed E-state index contributed by atoms with van der Waals surface area (Å²) < 4.78 is 13.4. The third-order valence-electron chi connectivity index (χ3n) is 2.81. The SMILES string of the molecule is CC(C)(C)CC(C)(C)NC(=O)N/C=C/c1ccccc1F. The van der Waals surface area contributed by atoms with Gasteiger partial charge in [0.2, 0.25) is 0 Å². The quantitative estimate of drug-likeness (QED) is 0.853. The zero-order valence-corrected chi connectivity index (χ0v) is 13.5. The Morgan fingerprint density at radius 3 is 2.38 bits per heavy atom. The van der Waals surface area contributed by atoms with Crippen LogP contribution in [0.2, 0.25) is 0 Å². The first kappa shape index (κ1) is 17.2. The summed E-state index contributed by atoms with van der Waals surface area (Å²) in [7, 11) is 0. The minimum absolute atomic E-state index is 0.125. The molecule has 0 saturated heterocycles. The lowest BCUT2D eigenvalue weighted by Gasteiger charge is -2.33. The third kappa shape index (κ3) is 6.93. The van der Waals surface area contributed by atoms with Crippen LogP contribution in [0.5, 0.6) is 0 Å². The number of carbonyl (C=O) groups is 1. The summed E-state index contributed by atoms with van der Waals surface area (Å²) in [6.07, 6.45) is 3.83. The van der Waals surface area contributed by atoms with Gasteiger partial charge < -0.3 is 10.6 Å². The van der Waals surface area contributed by atoms with Gasteiger partial charge in [0.25, 0.3) is 0 Å². The highest BCUT2D eigenvalue weighted by Gasteiger charge is 2.26. The molecule has 0 aliphatic heterocycles. The molecule has 1 rings (SSSR count). The lowest BCUT2D eigenvalue weighted by Crippen LogP contribution is -2.48. The van der Waals surface area contributed by atoms with Crippen molar-refractivity contribution in [2.75, 3.05) is 0 Å². The van der Waals surface area contributed by atoms with Gasteiger partial charge in [-0.25, -0.2) is 9.18 Å². The highest BCUT2D eigenvalue weighted by Crippen LogP contribution is 2.26. The molecule has 0 bridgehead atoms. The van der Waals surface area contributed by atoms with E-state index in [9.17, 15) is 9.18 Å². The Morgan fingerprint density at radius 2 is 1.81 bits per heavy atom. The number of hydrogen-bond acceptors (Lipinski definition) is 1. The van der Waals surface area contributed by atoms with Gasteiger partial charge in [0.15, 0.2) is 0 Å². The molecule has 2 N–H and O–H groups in total. The first-order valence-electron chi connectivity index (χ1n) is 7.09. The van der Waals surface area contributed by atoms with Gasteiger partial charge in [0.05, 0.1) is 0 Å². The van der Waals surface area contributed by atoms with E-state index in [-0.39, 0.29) is 22.8 Å². The van der Waals surface area contributed by atoms with Gasteiger partial charge in [-0.3, -0.25) is 0 Å². The summed E-state index contributed by atoms with van der Waals surface area (Å²) in [6.45, 7) is 10.4.